The predicted octanol–water partition coefficient (Wildman–Crippen LogP) is 5.33. The smallest absolute Gasteiger partial charge is 0.263 e. The van der Waals surface area contributed by atoms with E-state index in [4.69, 9.17) is 4.98 Å². The van der Waals surface area contributed by atoms with Crippen molar-refractivity contribution in [3.05, 3.63) is 63.6 Å². The summed E-state index contributed by atoms with van der Waals surface area (Å²) in [6.07, 6.45) is 0. The number of nitrogens with one attached hydrogen (secondary N) is 1. The molecular formula is C21H19N3O2S3. The molecule has 1 atom stereocenters. The van der Waals surface area contributed by atoms with Crippen LogP contribution in [0.3, 0.4) is 0 Å². The first kappa shape index (κ1) is 19.9. The van der Waals surface area contributed by atoms with E-state index in [-0.39, 0.29) is 11.5 Å². The van der Waals surface area contributed by atoms with Crippen molar-refractivity contribution in [1.29, 1.82) is 0 Å². The lowest BCUT2D eigenvalue weighted by atomic mass is 10.2. The summed E-state index contributed by atoms with van der Waals surface area (Å²) in [6, 6.07) is 13.3. The monoisotopic (exact) mass is 441 g/mol. The van der Waals surface area contributed by atoms with E-state index >= 15 is 0 Å². The van der Waals surface area contributed by atoms with Crippen molar-refractivity contribution in [3.8, 4) is 10.4 Å². The van der Waals surface area contributed by atoms with Crippen molar-refractivity contribution in [2.45, 2.75) is 30.8 Å². The Morgan fingerprint density at radius 3 is 2.69 bits per heavy atom. The summed E-state index contributed by atoms with van der Waals surface area (Å²) in [5, 5.41) is 7.73. The number of fused-ring (bicyclic) bond motifs is 1. The maximum Gasteiger partial charge on any atom is 0.263 e. The van der Waals surface area contributed by atoms with Gasteiger partial charge in [-0.25, -0.2) is 4.98 Å². The number of hydrogen-bond donors (Lipinski definition) is 1. The Hall–Kier alpha value is -2.42. The normalized spacial score (nSPS) is 12.2. The molecule has 0 aliphatic rings. The van der Waals surface area contributed by atoms with Gasteiger partial charge in [0.1, 0.15) is 4.83 Å². The number of hydrogen-bond acceptors (Lipinski definition) is 6. The van der Waals surface area contributed by atoms with Crippen molar-refractivity contribution < 1.29 is 4.79 Å². The number of thioether (sulfide) groups is 1. The largest absolute Gasteiger partial charge is 0.325 e. The van der Waals surface area contributed by atoms with Crippen molar-refractivity contribution in [2.75, 3.05) is 5.32 Å². The minimum Gasteiger partial charge on any atom is -0.325 e. The molecule has 1 aromatic carbocycles. The number of rotatable bonds is 6. The number of carbonyl (C=O) groups is 1. The first-order chi connectivity index (χ1) is 14.1. The summed E-state index contributed by atoms with van der Waals surface area (Å²) in [5.41, 5.74) is 1.63. The van der Waals surface area contributed by atoms with E-state index < -0.39 is 5.25 Å². The van der Waals surface area contributed by atoms with Gasteiger partial charge in [0.25, 0.3) is 5.56 Å². The van der Waals surface area contributed by atoms with Crippen LogP contribution in [0.15, 0.2) is 63.2 Å². The van der Waals surface area contributed by atoms with Crippen LogP contribution in [0.2, 0.25) is 0 Å². The molecular weight excluding hydrogens is 422 g/mol. The minimum atomic E-state index is -0.394. The first-order valence-corrected chi connectivity index (χ1v) is 11.8. The average molecular weight is 442 g/mol. The molecule has 4 rings (SSSR count). The van der Waals surface area contributed by atoms with Gasteiger partial charge >= 0.3 is 0 Å². The fourth-order valence-corrected chi connectivity index (χ4v) is 5.74. The van der Waals surface area contributed by atoms with Gasteiger partial charge in [0, 0.05) is 28.1 Å². The molecule has 0 aliphatic heterocycles. The highest BCUT2D eigenvalue weighted by atomic mass is 32.2. The van der Waals surface area contributed by atoms with Crippen LogP contribution in [-0.2, 0) is 11.3 Å². The lowest BCUT2D eigenvalue weighted by Gasteiger charge is -2.15. The van der Waals surface area contributed by atoms with Crippen LogP contribution < -0.4 is 10.9 Å². The minimum absolute atomic E-state index is 0.0553. The third-order valence-electron chi connectivity index (χ3n) is 4.45. The average Bonchev–Trinajstić information content (AvgIpc) is 3.38. The third-order valence-corrected chi connectivity index (χ3v) is 7.32. The van der Waals surface area contributed by atoms with Crippen LogP contribution in [0.25, 0.3) is 20.7 Å². The molecule has 0 saturated heterocycles. The molecule has 0 aliphatic carbocycles. The molecule has 3 heterocycles. The molecule has 0 fully saturated rings. The Balaban J connectivity index is 1.65. The SMILES string of the molecule is CCn1c(SC(C)C(=O)Nc2ccccc2)nc2scc(-c3cccs3)c2c1=O. The maximum absolute atomic E-state index is 13.2. The summed E-state index contributed by atoms with van der Waals surface area (Å²) < 4.78 is 1.66. The van der Waals surface area contributed by atoms with Crippen LogP contribution in [0.1, 0.15) is 13.8 Å². The Labute approximate surface area is 180 Å². The second-order valence-electron chi connectivity index (χ2n) is 6.37. The lowest BCUT2D eigenvalue weighted by molar-refractivity contribution is -0.115. The molecule has 1 unspecified atom stereocenters. The zero-order valence-corrected chi connectivity index (χ0v) is 18.4. The molecule has 0 saturated carbocycles. The Morgan fingerprint density at radius 1 is 1.21 bits per heavy atom. The highest BCUT2D eigenvalue weighted by molar-refractivity contribution is 8.00. The molecule has 1 N–H and O–H groups in total. The van der Waals surface area contributed by atoms with Crippen molar-refractivity contribution >= 4 is 56.2 Å². The highest BCUT2D eigenvalue weighted by Gasteiger charge is 2.21. The number of para-hydroxylation sites is 1. The van der Waals surface area contributed by atoms with Gasteiger partial charge in [-0.05, 0) is 37.4 Å². The summed E-state index contributed by atoms with van der Waals surface area (Å²) in [5.74, 6) is -0.122. The number of benzene rings is 1. The van der Waals surface area contributed by atoms with Crippen LogP contribution >= 0.6 is 34.4 Å². The van der Waals surface area contributed by atoms with E-state index in [9.17, 15) is 9.59 Å². The molecule has 5 nitrogen and oxygen atoms in total. The fourth-order valence-electron chi connectivity index (χ4n) is 2.96. The van der Waals surface area contributed by atoms with Gasteiger partial charge in [-0.2, -0.15) is 0 Å². The fraction of sp³-hybridized carbons (Fsp3) is 0.190. The summed E-state index contributed by atoms with van der Waals surface area (Å²) in [7, 11) is 0. The van der Waals surface area contributed by atoms with Crippen molar-refractivity contribution in [2.24, 2.45) is 0 Å². The Bertz CT molecular complexity index is 1200. The molecule has 8 heteroatoms. The second-order valence-corrected chi connectivity index (χ2v) is 9.48. The van der Waals surface area contributed by atoms with E-state index in [0.717, 1.165) is 16.1 Å². The summed E-state index contributed by atoms with van der Waals surface area (Å²) in [6.45, 7) is 4.24. The van der Waals surface area contributed by atoms with Gasteiger partial charge in [0.15, 0.2) is 5.16 Å². The van der Waals surface area contributed by atoms with Gasteiger partial charge in [0.2, 0.25) is 5.91 Å². The maximum atomic E-state index is 13.2. The van der Waals surface area contributed by atoms with Crippen LogP contribution in [0.4, 0.5) is 5.69 Å². The molecule has 0 spiro atoms. The number of anilines is 1. The number of thiophene rings is 2. The Morgan fingerprint density at radius 2 is 2.00 bits per heavy atom. The van der Waals surface area contributed by atoms with Crippen molar-refractivity contribution in [3.63, 3.8) is 0 Å². The van der Waals surface area contributed by atoms with Gasteiger partial charge in [-0.1, -0.05) is 36.0 Å². The molecule has 4 aromatic rings. The summed E-state index contributed by atoms with van der Waals surface area (Å²) in [4.78, 5) is 32.3. The standard InChI is InChI=1S/C21H19N3O2S3/c1-3-24-20(26)17-15(16-10-7-11-27-16)12-28-19(17)23-21(24)29-13(2)18(25)22-14-8-5-4-6-9-14/h4-13H,3H2,1-2H3,(H,22,25). The van der Waals surface area contributed by atoms with Gasteiger partial charge < -0.3 is 5.32 Å². The quantitative estimate of drug-likeness (QED) is 0.325. The van der Waals surface area contributed by atoms with Crippen LogP contribution in [0, 0.1) is 0 Å². The zero-order valence-electron chi connectivity index (χ0n) is 15.9. The van der Waals surface area contributed by atoms with Gasteiger partial charge in [-0.3, -0.25) is 14.2 Å². The number of carbonyl (C=O) groups excluding carboxylic acids is 1. The summed E-state index contributed by atoms with van der Waals surface area (Å²) >= 11 is 4.38. The lowest BCUT2D eigenvalue weighted by Crippen LogP contribution is -2.26. The van der Waals surface area contributed by atoms with E-state index in [0.29, 0.717) is 21.9 Å². The number of aromatic nitrogens is 2. The Kier molecular flexibility index (Phi) is 5.84. The van der Waals surface area contributed by atoms with E-state index in [1.165, 1.54) is 23.1 Å². The molecule has 0 bridgehead atoms. The molecule has 148 valence electrons. The third kappa shape index (κ3) is 4.01. The van der Waals surface area contributed by atoms with E-state index in [1.807, 2.05) is 67.1 Å². The van der Waals surface area contributed by atoms with E-state index in [1.54, 1.807) is 15.9 Å². The molecule has 29 heavy (non-hydrogen) atoms. The van der Waals surface area contributed by atoms with Crippen molar-refractivity contribution in [1.82, 2.24) is 9.55 Å². The van der Waals surface area contributed by atoms with E-state index in [2.05, 4.69) is 5.32 Å². The second kappa shape index (κ2) is 8.52. The number of amides is 1. The van der Waals surface area contributed by atoms with Crippen LogP contribution in [-0.4, -0.2) is 20.7 Å². The van der Waals surface area contributed by atoms with Gasteiger partial charge in [0.05, 0.1) is 10.6 Å². The number of nitrogens with zero attached hydrogens (tertiary/aromatic N) is 2. The molecule has 1 amide bonds. The predicted molar refractivity (Wildman–Crippen MR) is 123 cm³/mol. The molecule has 0 radical (unpaired) electrons. The molecule has 3 aromatic heterocycles. The zero-order chi connectivity index (χ0) is 20.4. The first-order valence-electron chi connectivity index (χ1n) is 9.17. The van der Waals surface area contributed by atoms with Gasteiger partial charge in [-0.15, -0.1) is 22.7 Å². The topological polar surface area (TPSA) is 64.0 Å². The highest BCUT2D eigenvalue weighted by Crippen LogP contribution is 2.35. The van der Waals surface area contributed by atoms with Crippen LogP contribution in [0.5, 0.6) is 0 Å².